The standard InChI is InChI=1S/C22H26N2O3/c1-22(2,3)18-6-4-5-7-19(18)27-14-20(25)23-16-10-12-17(13-11-16)24-21(26)15-8-9-15/h4-7,10-13,15H,8-9,14H2,1-3H3,(H,23,25)(H,24,26). The number of carbonyl (C=O) groups is 2. The van der Waals surface area contributed by atoms with E-state index in [9.17, 15) is 9.59 Å². The van der Waals surface area contributed by atoms with Crippen molar-refractivity contribution in [2.75, 3.05) is 17.2 Å². The highest BCUT2D eigenvalue weighted by molar-refractivity contribution is 5.95. The molecule has 1 aliphatic rings. The van der Waals surface area contributed by atoms with Gasteiger partial charge in [-0.1, -0.05) is 39.0 Å². The molecule has 2 N–H and O–H groups in total. The van der Waals surface area contributed by atoms with Gasteiger partial charge in [-0.2, -0.15) is 0 Å². The van der Waals surface area contributed by atoms with Gasteiger partial charge in [-0.15, -0.1) is 0 Å². The summed E-state index contributed by atoms with van der Waals surface area (Å²) in [5, 5.41) is 5.68. The number of rotatable bonds is 6. The molecular formula is C22H26N2O3. The molecular weight excluding hydrogens is 340 g/mol. The van der Waals surface area contributed by atoms with Gasteiger partial charge in [-0.3, -0.25) is 9.59 Å². The average molecular weight is 366 g/mol. The maximum atomic E-state index is 12.2. The van der Waals surface area contributed by atoms with E-state index in [4.69, 9.17) is 4.74 Å². The van der Waals surface area contributed by atoms with Crippen LogP contribution in [0.4, 0.5) is 11.4 Å². The van der Waals surface area contributed by atoms with Crippen LogP contribution in [0.1, 0.15) is 39.2 Å². The van der Waals surface area contributed by atoms with Crippen molar-refractivity contribution in [3.8, 4) is 5.75 Å². The first-order valence-electron chi connectivity index (χ1n) is 9.26. The number of hydrogen-bond acceptors (Lipinski definition) is 3. The molecule has 1 fully saturated rings. The Hall–Kier alpha value is -2.82. The third kappa shape index (κ3) is 5.33. The summed E-state index contributed by atoms with van der Waals surface area (Å²) in [6, 6.07) is 14.9. The molecule has 0 saturated heterocycles. The lowest BCUT2D eigenvalue weighted by Gasteiger charge is -2.22. The maximum Gasteiger partial charge on any atom is 0.262 e. The second kappa shape index (κ2) is 7.82. The Morgan fingerprint density at radius 3 is 2.15 bits per heavy atom. The van der Waals surface area contributed by atoms with Crippen molar-refractivity contribution in [2.45, 2.75) is 39.0 Å². The molecule has 1 saturated carbocycles. The molecule has 0 radical (unpaired) electrons. The van der Waals surface area contributed by atoms with Crippen molar-refractivity contribution < 1.29 is 14.3 Å². The lowest BCUT2D eigenvalue weighted by molar-refractivity contribution is -0.118. The molecule has 2 amide bonds. The zero-order valence-corrected chi connectivity index (χ0v) is 16.0. The molecule has 0 atom stereocenters. The first-order valence-corrected chi connectivity index (χ1v) is 9.26. The Balaban J connectivity index is 1.53. The number of amides is 2. The van der Waals surface area contributed by atoms with Gasteiger partial charge < -0.3 is 15.4 Å². The van der Waals surface area contributed by atoms with Crippen LogP contribution in [0.3, 0.4) is 0 Å². The van der Waals surface area contributed by atoms with E-state index in [2.05, 4.69) is 31.4 Å². The zero-order chi connectivity index (χ0) is 19.4. The number of benzene rings is 2. The van der Waals surface area contributed by atoms with Gasteiger partial charge in [-0.25, -0.2) is 0 Å². The van der Waals surface area contributed by atoms with Gasteiger partial charge in [0.2, 0.25) is 5.91 Å². The highest BCUT2D eigenvalue weighted by atomic mass is 16.5. The smallest absolute Gasteiger partial charge is 0.262 e. The molecule has 0 spiro atoms. The minimum Gasteiger partial charge on any atom is -0.483 e. The highest BCUT2D eigenvalue weighted by Gasteiger charge is 2.29. The minimum absolute atomic E-state index is 0.0617. The van der Waals surface area contributed by atoms with Crippen molar-refractivity contribution in [3.63, 3.8) is 0 Å². The number of carbonyl (C=O) groups excluding carboxylic acids is 2. The van der Waals surface area contributed by atoms with Crippen LogP contribution in [-0.2, 0) is 15.0 Å². The summed E-state index contributed by atoms with van der Waals surface area (Å²) < 4.78 is 5.74. The second-order valence-electron chi connectivity index (χ2n) is 7.92. The van der Waals surface area contributed by atoms with Crippen LogP contribution in [-0.4, -0.2) is 18.4 Å². The van der Waals surface area contributed by atoms with Crippen molar-refractivity contribution in [1.29, 1.82) is 0 Å². The molecule has 0 bridgehead atoms. The number of ether oxygens (including phenoxy) is 1. The Morgan fingerprint density at radius 1 is 0.963 bits per heavy atom. The molecule has 5 heteroatoms. The van der Waals surface area contributed by atoms with Gasteiger partial charge in [0, 0.05) is 17.3 Å². The number of para-hydroxylation sites is 1. The Kier molecular flexibility index (Phi) is 5.49. The fourth-order valence-corrected chi connectivity index (χ4v) is 2.78. The van der Waals surface area contributed by atoms with Crippen LogP contribution < -0.4 is 15.4 Å². The van der Waals surface area contributed by atoms with Crippen LogP contribution in [0.25, 0.3) is 0 Å². The topological polar surface area (TPSA) is 67.4 Å². The summed E-state index contributed by atoms with van der Waals surface area (Å²) in [5.74, 6) is 0.724. The summed E-state index contributed by atoms with van der Waals surface area (Å²) >= 11 is 0. The summed E-state index contributed by atoms with van der Waals surface area (Å²) in [4.78, 5) is 24.0. The fourth-order valence-electron chi connectivity index (χ4n) is 2.78. The van der Waals surface area contributed by atoms with Crippen LogP contribution in [0, 0.1) is 5.92 Å². The largest absolute Gasteiger partial charge is 0.483 e. The predicted molar refractivity (Wildman–Crippen MR) is 107 cm³/mol. The summed E-state index contributed by atoms with van der Waals surface area (Å²) in [6.07, 6.45) is 1.94. The van der Waals surface area contributed by atoms with E-state index >= 15 is 0 Å². The first-order chi connectivity index (χ1) is 12.8. The van der Waals surface area contributed by atoms with Crippen LogP contribution in [0.5, 0.6) is 5.75 Å². The van der Waals surface area contributed by atoms with E-state index in [-0.39, 0.29) is 29.8 Å². The Labute approximate surface area is 160 Å². The van der Waals surface area contributed by atoms with E-state index < -0.39 is 0 Å². The molecule has 27 heavy (non-hydrogen) atoms. The first kappa shape index (κ1) is 19.0. The molecule has 0 aromatic heterocycles. The van der Waals surface area contributed by atoms with Crippen molar-refractivity contribution >= 4 is 23.2 Å². The van der Waals surface area contributed by atoms with Gasteiger partial charge in [0.25, 0.3) is 5.91 Å². The molecule has 0 unspecified atom stereocenters. The normalized spacial score (nSPS) is 13.7. The van der Waals surface area contributed by atoms with E-state index in [1.165, 1.54) is 0 Å². The Bertz CT molecular complexity index is 818. The third-order valence-corrected chi connectivity index (χ3v) is 4.44. The van der Waals surface area contributed by atoms with E-state index in [0.717, 1.165) is 29.8 Å². The summed E-state index contributed by atoms with van der Waals surface area (Å²) in [7, 11) is 0. The zero-order valence-electron chi connectivity index (χ0n) is 16.0. The molecule has 2 aromatic rings. The monoisotopic (exact) mass is 366 g/mol. The lowest BCUT2D eigenvalue weighted by atomic mass is 9.86. The number of anilines is 2. The molecule has 1 aliphatic carbocycles. The summed E-state index contributed by atoms with van der Waals surface area (Å²) in [6.45, 7) is 6.27. The molecule has 3 rings (SSSR count). The van der Waals surface area contributed by atoms with Crippen molar-refractivity contribution in [3.05, 3.63) is 54.1 Å². The highest BCUT2D eigenvalue weighted by Crippen LogP contribution is 2.31. The molecule has 0 heterocycles. The van der Waals surface area contributed by atoms with E-state index in [0.29, 0.717) is 5.69 Å². The van der Waals surface area contributed by atoms with Gasteiger partial charge in [-0.05, 0) is 54.2 Å². The molecule has 2 aromatic carbocycles. The fraction of sp³-hybridized carbons (Fsp3) is 0.364. The van der Waals surface area contributed by atoms with Crippen molar-refractivity contribution in [1.82, 2.24) is 0 Å². The van der Waals surface area contributed by atoms with Gasteiger partial charge >= 0.3 is 0 Å². The van der Waals surface area contributed by atoms with E-state index in [1.807, 2.05) is 24.3 Å². The maximum absolute atomic E-state index is 12.2. The molecule has 142 valence electrons. The van der Waals surface area contributed by atoms with Gasteiger partial charge in [0.15, 0.2) is 6.61 Å². The average Bonchev–Trinajstić information content (AvgIpc) is 3.46. The number of nitrogens with one attached hydrogen (secondary N) is 2. The van der Waals surface area contributed by atoms with Gasteiger partial charge in [0.05, 0.1) is 0 Å². The summed E-state index contributed by atoms with van der Waals surface area (Å²) in [5.41, 5.74) is 2.40. The molecule has 5 nitrogen and oxygen atoms in total. The van der Waals surface area contributed by atoms with Gasteiger partial charge in [0.1, 0.15) is 5.75 Å². The quantitative estimate of drug-likeness (QED) is 0.799. The van der Waals surface area contributed by atoms with Crippen LogP contribution in [0.2, 0.25) is 0 Å². The van der Waals surface area contributed by atoms with Crippen LogP contribution in [0.15, 0.2) is 48.5 Å². The second-order valence-corrected chi connectivity index (χ2v) is 7.92. The third-order valence-electron chi connectivity index (χ3n) is 4.44. The number of hydrogen-bond donors (Lipinski definition) is 2. The van der Waals surface area contributed by atoms with Crippen molar-refractivity contribution in [2.24, 2.45) is 5.92 Å². The predicted octanol–water partition coefficient (Wildman–Crippen LogP) is 4.35. The lowest BCUT2D eigenvalue weighted by Crippen LogP contribution is -2.22. The molecule has 0 aliphatic heterocycles. The Morgan fingerprint density at radius 2 is 1.56 bits per heavy atom. The van der Waals surface area contributed by atoms with Crippen LogP contribution >= 0.6 is 0 Å². The van der Waals surface area contributed by atoms with E-state index in [1.54, 1.807) is 24.3 Å². The SMILES string of the molecule is CC(C)(C)c1ccccc1OCC(=O)Nc1ccc(NC(=O)C2CC2)cc1. The minimum atomic E-state index is -0.228.